The van der Waals surface area contributed by atoms with Crippen LogP contribution in [-0.4, -0.2) is 32.9 Å². The minimum Gasteiger partial charge on any atom is -0.494 e. The van der Waals surface area contributed by atoms with Gasteiger partial charge >= 0.3 is 12.1 Å². The summed E-state index contributed by atoms with van der Waals surface area (Å²) in [6, 6.07) is 13.4. The van der Waals surface area contributed by atoms with Crippen molar-refractivity contribution in [3.63, 3.8) is 0 Å². The number of nitrogens with zero attached hydrogens (tertiary/aromatic N) is 2. The van der Waals surface area contributed by atoms with Crippen LogP contribution >= 0.6 is 0 Å². The predicted octanol–water partition coefficient (Wildman–Crippen LogP) is 5.43. The topological polar surface area (TPSA) is 104 Å². The van der Waals surface area contributed by atoms with E-state index in [9.17, 15) is 33.0 Å². The average Bonchev–Trinajstić information content (AvgIpc) is 3.10. The van der Waals surface area contributed by atoms with Crippen molar-refractivity contribution < 1.29 is 33.0 Å². The van der Waals surface area contributed by atoms with Gasteiger partial charge in [0.2, 0.25) is 5.88 Å². The molecule has 0 saturated carbocycles. The minimum atomic E-state index is -4.64. The summed E-state index contributed by atoms with van der Waals surface area (Å²) in [4.78, 5) is 23.9. The Labute approximate surface area is 203 Å². The van der Waals surface area contributed by atoms with Crippen LogP contribution in [0.3, 0.4) is 0 Å². The molecule has 0 aliphatic carbocycles. The molecule has 10 heteroatoms. The van der Waals surface area contributed by atoms with Crippen LogP contribution in [0.2, 0.25) is 0 Å². The second-order valence-corrected chi connectivity index (χ2v) is 8.16. The molecule has 0 saturated heterocycles. The Kier molecular flexibility index (Phi) is 6.28. The number of carboxylic acid groups (broad SMARTS) is 1. The highest BCUT2D eigenvalue weighted by Crippen LogP contribution is 2.37. The fourth-order valence-corrected chi connectivity index (χ4v) is 3.75. The zero-order valence-electron chi connectivity index (χ0n) is 19.1. The second kappa shape index (κ2) is 9.21. The van der Waals surface area contributed by atoms with Gasteiger partial charge in [-0.1, -0.05) is 18.2 Å². The van der Waals surface area contributed by atoms with Crippen molar-refractivity contribution in [3.05, 3.63) is 94.0 Å². The van der Waals surface area contributed by atoms with Gasteiger partial charge in [-0.05, 0) is 67.4 Å². The third-order valence-electron chi connectivity index (χ3n) is 5.79. The van der Waals surface area contributed by atoms with E-state index in [1.54, 1.807) is 18.2 Å². The van der Waals surface area contributed by atoms with E-state index in [4.69, 9.17) is 0 Å². The molecule has 0 aliphatic heterocycles. The fraction of sp³-hybridized carbons (Fsp3) is 0.115. The van der Waals surface area contributed by atoms with Gasteiger partial charge in [-0.3, -0.25) is 9.36 Å². The van der Waals surface area contributed by atoms with Gasteiger partial charge in [-0.2, -0.15) is 18.3 Å². The number of aromatic carboxylic acids is 1. The monoisotopic (exact) mass is 495 g/mol. The summed E-state index contributed by atoms with van der Waals surface area (Å²) < 4.78 is 41.3. The number of aromatic hydroxyl groups is 1. The zero-order chi connectivity index (χ0) is 26.2. The molecule has 0 bridgehead atoms. The predicted molar refractivity (Wildman–Crippen MR) is 128 cm³/mol. The number of halogens is 3. The highest BCUT2D eigenvalue weighted by Gasteiger charge is 2.31. The molecule has 4 aromatic rings. The lowest BCUT2D eigenvalue weighted by Gasteiger charge is -2.10. The molecule has 184 valence electrons. The van der Waals surface area contributed by atoms with E-state index in [2.05, 4.69) is 10.5 Å². The lowest BCUT2D eigenvalue weighted by atomic mass is 10.1. The van der Waals surface area contributed by atoms with E-state index in [0.717, 1.165) is 34.0 Å². The van der Waals surface area contributed by atoms with E-state index >= 15 is 0 Å². The van der Waals surface area contributed by atoms with Gasteiger partial charge in [0.1, 0.15) is 0 Å². The number of hydrazone groups is 1. The summed E-state index contributed by atoms with van der Waals surface area (Å²) >= 11 is 0. The molecule has 0 atom stereocenters. The maximum absolute atomic E-state index is 13.4. The van der Waals surface area contributed by atoms with Crippen molar-refractivity contribution in [1.82, 2.24) is 9.99 Å². The first-order valence-corrected chi connectivity index (χ1v) is 10.7. The van der Waals surface area contributed by atoms with Crippen molar-refractivity contribution in [2.75, 3.05) is 0 Å². The van der Waals surface area contributed by atoms with Crippen molar-refractivity contribution in [2.45, 2.75) is 20.0 Å². The Hall–Kier alpha value is -4.60. The third kappa shape index (κ3) is 4.65. The molecule has 0 radical (unpaired) electrons. The first-order chi connectivity index (χ1) is 17.0. The van der Waals surface area contributed by atoms with Crippen LogP contribution in [0.4, 0.5) is 13.2 Å². The van der Waals surface area contributed by atoms with E-state index in [0.29, 0.717) is 5.56 Å². The lowest BCUT2D eigenvalue weighted by Crippen LogP contribution is -2.17. The molecule has 7 nitrogen and oxygen atoms in total. The van der Waals surface area contributed by atoms with E-state index in [-0.39, 0.29) is 27.7 Å². The normalized spacial score (nSPS) is 11.8. The number of amides is 1. The number of alkyl halides is 3. The van der Waals surface area contributed by atoms with Crippen molar-refractivity contribution in [2.24, 2.45) is 5.10 Å². The van der Waals surface area contributed by atoms with Gasteiger partial charge in [-0.15, -0.1) is 0 Å². The van der Waals surface area contributed by atoms with Crippen LogP contribution in [-0.2, 0) is 6.18 Å². The molecule has 0 fully saturated rings. The van der Waals surface area contributed by atoms with Crippen molar-refractivity contribution >= 4 is 29.0 Å². The minimum absolute atomic E-state index is 0.0215. The van der Waals surface area contributed by atoms with Gasteiger partial charge in [0.15, 0.2) is 0 Å². The maximum atomic E-state index is 13.4. The summed E-state index contributed by atoms with van der Waals surface area (Å²) in [5.41, 5.74) is 3.73. The standard InChI is InChI=1S/C26H20F3N3O4/c1-14-6-7-16(10-15(14)2)23(33)31-30-13-21-20-9-8-18(26(27,28)29)12-22(20)32(24(21)34)19-5-3-4-17(11-19)25(35)36/h3-13,34H,1-2H3,(H,31,33)(H,35,36)/b30-13+. The average molecular weight is 495 g/mol. The summed E-state index contributed by atoms with van der Waals surface area (Å²) in [7, 11) is 0. The quantitative estimate of drug-likeness (QED) is 0.254. The largest absolute Gasteiger partial charge is 0.494 e. The molecule has 0 unspecified atom stereocenters. The van der Waals surface area contributed by atoms with Crippen molar-refractivity contribution in [1.29, 1.82) is 0 Å². The molecular formula is C26H20F3N3O4. The first-order valence-electron chi connectivity index (χ1n) is 10.7. The number of hydrogen-bond donors (Lipinski definition) is 3. The molecule has 3 aromatic carbocycles. The number of hydrogen-bond acceptors (Lipinski definition) is 4. The number of carboxylic acids is 1. The maximum Gasteiger partial charge on any atom is 0.416 e. The van der Waals surface area contributed by atoms with Gasteiger partial charge in [0.05, 0.1) is 28.4 Å². The van der Waals surface area contributed by atoms with Crippen molar-refractivity contribution in [3.8, 4) is 11.6 Å². The summed E-state index contributed by atoms with van der Waals surface area (Å²) in [5.74, 6) is -2.22. The Bertz CT molecular complexity index is 1540. The smallest absolute Gasteiger partial charge is 0.416 e. The molecular weight excluding hydrogens is 475 g/mol. The van der Waals surface area contributed by atoms with E-state index in [1.165, 1.54) is 30.3 Å². The molecule has 1 aromatic heterocycles. The Balaban J connectivity index is 1.79. The molecule has 1 heterocycles. The molecule has 36 heavy (non-hydrogen) atoms. The van der Waals surface area contributed by atoms with Gasteiger partial charge in [0.25, 0.3) is 5.91 Å². The fourth-order valence-electron chi connectivity index (χ4n) is 3.75. The number of aryl methyl sites for hydroxylation is 2. The third-order valence-corrected chi connectivity index (χ3v) is 5.79. The molecule has 0 spiro atoms. The van der Waals surface area contributed by atoms with Crippen LogP contribution in [0, 0.1) is 13.8 Å². The lowest BCUT2D eigenvalue weighted by molar-refractivity contribution is -0.137. The summed E-state index contributed by atoms with van der Waals surface area (Å²) in [6.45, 7) is 3.76. The van der Waals surface area contributed by atoms with Gasteiger partial charge < -0.3 is 10.2 Å². The first kappa shape index (κ1) is 24.5. The number of benzene rings is 3. The molecule has 4 rings (SSSR count). The number of aromatic nitrogens is 1. The molecule has 0 aliphatic rings. The zero-order valence-corrected chi connectivity index (χ0v) is 19.1. The highest BCUT2D eigenvalue weighted by molar-refractivity contribution is 6.04. The van der Waals surface area contributed by atoms with Crippen LogP contribution in [0.15, 0.2) is 65.8 Å². The molecule has 3 N–H and O–H groups in total. The second-order valence-electron chi connectivity index (χ2n) is 8.16. The number of rotatable bonds is 5. The number of carbonyl (C=O) groups excluding carboxylic acids is 1. The number of fused-ring (bicyclic) bond motifs is 1. The van der Waals surface area contributed by atoms with Gasteiger partial charge in [0, 0.05) is 16.6 Å². The Morgan fingerprint density at radius 2 is 1.72 bits per heavy atom. The highest BCUT2D eigenvalue weighted by atomic mass is 19.4. The van der Waals surface area contributed by atoms with E-state index < -0.39 is 29.5 Å². The van der Waals surface area contributed by atoms with Crippen LogP contribution in [0.5, 0.6) is 5.88 Å². The number of carbonyl (C=O) groups is 2. The van der Waals surface area contributed by atoms with Crippen LogP contribution < -0.4 is 5.43 Å². The Morgan fingerprint density at radius 1 is 0.972 bits per heavy atom. The van der Waals surface area contributed by atoms with E-state index in [1.807, 2.05) is 13.8 Å². The Morgan fingerprint density at radius 3 is 2.39 bits per heavy atom. The number of nitrogens with one attached hydrogen (secondary N) is 1. The molecule has 1 amide bonds. The summed E-state index contributed by atoms with van der Waals surface area (Å²) in [6.07, 6.45) is -3.52. The van der Waals surface area contributed by atoms with Crippen LogP contribution in [0.1, 0.15) is 43.0 Å². The van der Waals surface area contributed by atoms with Crippen LogP contribution in [0.25, 0.3) is 16.6 Å². The SMILES string of the molecule is Cc1ccc(C(=O)N/N=C/c2c(O)n(-c3cccc(C(=O)O)c3)c3cc(C(F)(F)F)ccc23)cc1C. The summed E-state index contributed by atoms with van der Waals surface area (Å²) in [5, 5.41) is 24.4. The van der Waals surface area contributed by atoms with Gasteiger partial charge in [-0.25, -0.2) is 10.2 Å².